The molecule has 0 saturated heterocycles. The van der Waals surface area contributed by atoms with Crippen molar-refractivity contribution in [1.82, 2.24) is 4.98 Å². The lowest BCUT2D eigenvalue weighted by Gasteiger charge is -2.24. The van der Waals surface area contributed by atoms with Crippen LogP contribution in [0.5, 0.6) is 0 Å². The third-order valence-corrected chi connectivity index (χ3v) is 4.91. The van der Waals surface area contributed by atoms with E-state index in [0.717, 1.165) is 53.6 Å². The molecular weight excluding hydrogens is 334 g/mol. The lowest BCUT2D eigenvalue weighted by Crippen LogP contribution is -2.22. The van der Waals surface area contributed by atoms with E-state index < -0.39 is 11.6 Å². The number of hydrogen-bond donors (Lipinski definition) is 1. The molecular formula is C21H18F2N2O. The normalized spacial score (nSPS) is 16.3. The molecule has 26 heavy (non-hydrogen) atoms. The van der Waals surface area contributed by atoms with E-state index in [1.807, 2.05) is 24.3 Å². The summed E-state index contributed by atoms with van der Waals surface area (Å²) in [6, 6.07) is 10.6. The summed E-state index contributed by atoms with van der Waals surface area (Å²) in [6.45, 7) is 2.15. The highest BCUT2D eigenvalue weighted by Crippen LogP contribution is 2.32. The van der Waals surface area contributed by atoms with E-state index >= 15 is 0 Å². The predicted octanol–water partition coefficient (Wildman–Crippen LogP) is 4.89. The van der Waals surface area contributed by atoms with Crippen molar-refractivity contribution in [2.24, 2.45) is 5.92 Å². The van der Waals surface area contributed by atoms with E-state index in [4.69, 9.17) is 4.98 Å². The smallest absolute Gasteiger partial charge is 0.256 e. The summed E-state index contributed by atoms with van der Waals surface area (Å²) in [4.78, 5) is 17.8. The Morgan fingerprint density at radius 2 is 2.00 bits per heavy atom. The number of para-hydroxylation sites is 1. The molecule has 4 rings (SSSR count). The van der Waals surface area contributed by atoms with Crippen LogP contribution in [0.1, 0.15) is 35.0 Å². The minimum absolute atomic E-state index is 0.0325. The van der Waals surface area contributed by atoms with E-state index in [1.54, 1.807) is 0 Å². The van der Waals surface area contributed by atoms with Gasteiger partial charge in [-0.15, -0.1) is 0 Å². The first-order valence-electron chi connectivity index (χ1n) is 8.70. The van der Waals surface area contributed by atoms with Gasteiger partial charge in [0.05, 0.1) is 16.8 Å². The molecule has 3 nitrogen and oxygen atoms in total. The molecule has 0 aliphatic heterocycles. The number of halogens is 2. The number of nitrogens with one attached hydrogen (secondary N) is 1. The van der Waals surface area contributed by atoms with E-state index in [-0.39, 0.29) is 11.6 Å². The van der Waals surface area contributed by atoms with Gasteiger partial charge in [0.2, 0.25) is 0 Å². The van der Waals surface area contributed by atoms with Gasteiger partial charge in [-0.2, -0.15) is 0 Å². The molecule has 1 amide bonds. The van der Waals surface area contributed by atoms with Crippen molar-refractivity contribution in [3.8, 4) is 0 Å². The third kappa shape index (κ3) is 2.94. The zero-order chi connectivity index (χ0) is 18.3. The van der Waals surface area contributed by atoms with Crippen LogP contribution in [0.3, 0.4) is 0 Å². The van der Waals surface area contributed by atoms with E-state index in [0.29, 0.717) is 11.5 Å². The lowest BCUT2D eigenvalue weighted by atomic mass is 9.84. The van der Waals surface area contributed by atoms with E-state index in [1.165, 1.54) is 6.07 Å². The first-order chi connectivity index (χ1) is 12.5. The second-order valence-electron chi connectivity index (χ2n) is 6.86. The molecule has 1 N–H and O–H groups in total. The quantitative estimate of drug-likeness (QED) is 0.713. The van der Waals surface area contributed by atoms with Crippen LogP contribution in [0.15, 0.2) is 42.5 Å². The number of aryl methyl sites for hydroxylation is 1. The average molecular weight is 352 g/mol. The van der Waals surface area contributed by atoms with Crippen LogP contribution in [0.25, 0.3) is 10.9 Å². The Labute approximate surface area is 150 Å². The van der Waals surface area contributed by atoms with Crippen LogP contribution in [0.4, 0.5) is 14.5 Å². The molecule has 1 atom stereocenters. The monoisotopic (exact) mass is 352 g/mol. The Balaban J connectivity index is 1.84. The van der Waals surface area contributed by atoms with Gasteiger partial charge in [-0.05, 0) is 48.9 Å². The van der Waals surface area contributed by atoms with Crippen LogP contribution < -0.4 is 5.32 Å². The number of pyridine rings is 1. The summed E-state index contributed by atoms with van der Waals surface area (Å²) in [6.07, 6.45) is 2.63. The topological polar surface area (TPSA) is 42.0 Å². The lowest BCUT2D eigenvalue weighted by molar-refractivity contribution is 0.102. The fraction of sp³-hybridized carbons (Fsp3) is 0.238. The number of aromatic nitrogens is 1. The minimum Gasteiger partial charge on any atom is -0.319 e. The van der Waals surface area contributed by atoms with Crippen molar-refractivity contribution in [2.45, 2.75) is 26.2 Å². The van der Waals surface area contributed by atoms with Crippen molar-refractivity contribution < 1.29 is 13.6 Å². The number of rotatable bonds is 2. The third-order valence-electron chi connectivity index (χ3n) is 4.91. The SMILES string of the molecule is C[C@@H]1CCc2nc3ccccc3c(C(=O)Nc3ccc(F)cc3F)c2C1. The zero-order valence-corrected chi connectivity index (χ0v) is 14.4. The molecule has 1 aliphatic carbocycles. The maximum Gasteiger partial charge on any atom is 0.256 e. The number of anilines is 1. The zero-order valence-electron chi connectivity index (χ0n) is 14.4. The van der Waals surface area contributed by atoms with Gasteiger partial charge in [-0.25, -0.2) is 8.78 Å². The number of fused-ring (bicyclic) bond motifs is 2. The second kappa shape index (κ2) is 6.48. The Bertz CT molecular complexity index is 1020. The fourth-order valence-corrected chi connectivity index (χ4v) is 3.60. The molecule has 0 fully saturated rings. The number of amides is 1. The predicted molar refractivity (Wildman–Crippen MR) is 97.2 cm³/mol. The molecule has 132 valence electrons. The molecule has 0 radical (unpaired) electrons. The maximum atomic E-state index is 14.0. The summed E-state index contributed by atoms with van der Waals surface area (Å²) >= 11 is 0. The van der Waals surface area contributed by atoms with Crippen molar-refractivity contribution in [3.63, 3.8) is 0 Å². The average Bonchev–Trinajstić information content (AvgIpc) is 2.62. The van der Waals surface area contributed by atoms with Gasteiger partial charge >= 0.3 is 0 Å². The van der Waals surface area contributed by atoms with Gasteiger partial charge in [-0.1, -0.05) is 25.1 Å². The number of carbonyl (C=O) groups excluding carboxylic acids is 1. The highest BCUT2D eigenvalue weighted by atomic mass is 19.1. The summed E-state index contributed by atoms with van der Waals surface area (Å²) in [5.41, 5.74) is 3.13. The summed E-state index contributed by atoms with van der Waals surface area (Å²) in [7, 11) is 0. The minimum atomic E-state index is -0.793. The number of hydrogen-bond acceptors (Lipinski definition) is 2. The molecule has 0 spiro atoms. The Hall–Kier alpha value is -2.82. The van der Waals surface area contributed by atoms with Crippen molar-refractivity contribution in [1.29, 1.82) is 0 Å². The molecule has 0 saturated carbocycles. The van der Waals surface area contributed by atoms with Gasteiger partial charge in [-0.3, -0.25) is 9.78 Å². The summed E-state index contributed by atoms with van der Waals surface area (Å²) < 4.78 is 27.1. The molecule has 2 aromatic carbocycles. The maximum absolute atomic E-state index is 14.0. The van der Waals surface area contributed by atoms with Gasteiger partial charge in [0, 0.05) is 17.1 Å². The van der Waals surface area contributed by atoms with E-state index in [9.17, 15) is 13.6 Å². The van der Waals surface area contributed by atoms with Gasteiger partial charge in [0.15, 0.2) is 0 Å². The van der Waals surface area contributed by atoms with E-state index in [2.05, 4.69) is 12.2 Å². The molecule has 0 bridgehead atoms. The highest BCUT2D eigenvalue weighted by molar-refractivity contribution is 6.13. The van der Waals surface area contributed by atoms with Crippen LogP contribution in [-0.4, -0.2) is 10.9 Å². The van der Waals surface area contributed by atoms with Crippen LogP contribution in [0, 0.1) is 17.6 Å². The van der Waals surface area contributed by atoms with Gasteiger partial charge in [0.25, 0.3) is 5.91 Å². The molecule has 1 heterocycles. The number of carbonyl (C=O) groups is 1. The summed E-state index contributed by atoms with van der Waals surface area (Å²) in [5.74, 6) is -1.40. The molecule has 1 aliphatic rings. The fourth-order valence-electron chi connectivity index (χ4n) is 3.60. The highest BCUT2D eigenvalue weighted by Gasteiger charge is 2.25. The van der Waals surface area contributed by atoms with Crippen LogP contribution in [-0.2, 0) is 12.8 Å². The van der Waals surface area contributed by atoms with Gasteiger partial charge in [0.1, 0.15) is 11.6 Å². The Morgan fingerprint density at radius 1 is 1.19 bits per heavy atom. The standard InChI is InChI=1S/C21H18F2N2O/c1-12-6-8-18-15(10-12)20(14-4-2-3-5-17(14)24-18)21(26)25-19-9-7-13(22)11-16(19)23/h2-5,7,9,11-12H,6,8,10H2,1H3,(H,25,26)/t12-/m1/s1. The summed E-state index contributed by atoms with van der Waals surface area (Å²) in [5, 5.41) is 3.35. The van der Waals surface area contributed by atoms with Crippen LogP contribution in [0.2, 0.25) is 0 Å². The number of nitrogens with zero attached hydrogens (tertiary/aromatic N) is 1. The van der Waals surface area contributed by atoms with Crippen molar-refractivity contribution in [3.05, 3.63) is 70.9 Å². The Kier molecular flexibility index (Phi) is 4.15. The largest absolute Gasteiger partial charge is 0.319 e. The first kappa shape index (κ1) is 16.6. The molecule has 1 aromatic heterocycles. The van der Waals surface area contributed by atoms with Crippen molar-refractivity contribution in [2.75, 3.05) is 5.32 Å². The molecule has 3 aromatic rings. The number of benzene rings is 2. The second-order valence-corrected chi connectivity index (χ2v) is 6.86. The van der Waals surface area contributed by atoms with Gasteiger partial charge < -0.3 is 5.32 Å². The molecule has 5 heteroatoms. The van der Waals surface area contributed by atoms with Crippen molar-refractivity contribution >= 4 is 22.5 Å². The van der Waals surface area contributed by atoms with Crippen LogP contribution >= 0.6 is 0 Å². The first-order valence-corrected chi connectivity index (χ1v) is 8.70. The molecule has 0 unspecified atom stereocenters. The Morgan fingerprint density at radius 3 is 2.81 bits per heavy atom.